The molecule has 0 spiro atoms. The number of rotatable bonds is 2. The molecule has 15 heavy (non-hydrogen) atoms. The Hall–Kier alpha value is -1.39. The van der Waals surface area contributed by atoms with Crippen LogP contribution in [0.15, 0.2) is 18.2 Å². The number of carbonyl (C=O) groups is 1. The quantitative estimate of drug-likeness (QED) is 0.665. The Morgan fingerprint density at radius 2 is 2.20 bits per heavy atom. The fourth-order valence-electron chi connectivity index (χ4n) is 1.72. The Kier molecular flexibility index (Phi) is 2.70. The zero-order chi connectivity index (χ0) is 10.8. The number of aliphatic hydroxyl groups excluding tert-OH is 2. The van der Waals surface area contributed by atoms with Gasteiger partial charge in [-0.05, 0) is 23.6 Å². The lowest BCUT2D eigenvalue weighted by molar-refractivity contribution is -0.116. The van der Waals surface area contributed by atoms with E-state index in [2.05, 4.69) is 5.32 Å². The number of aliphatic hydroxyl groups is 2. The molecule has 0 bridgehead atoms. The Morgan fingerprint density at radius 3 is 2.93 bits per heavy atom. The minimum atomic E-state index is -0.840. The van der Waals surface area contributed by atoms with E-state index in [0.29, 0.717) is 18.4 Å². The lowest BCUT2D eigenvalue weighted by Crippen LogP contribution is -2.19. The summed E-state index contributed by atoms with van der Waals surface area (Å²) in [6, 6.07) is 5.31. The summed E-state index contributed by atoms with van der Waals surface area (Å²) in [5, 5.41) is 21.0. The van der Waals surface area contributed by atoms with Crippen LogP contribution in [0.4, 0.5) is 5.69 Å². The highest BCUT2D eigenvalue weighted by Crippen LogP contribution is 2.25. The molecule has 1 aromatic rings. The van der Waals surface area contributed by atoms with Crippen molar-refractivity contribution in [3.63, 3.8) is 0 Å². The van der Waals surface area contributed by atoms with Crippen molar-refractivity contribution < 1.29 is 15.0 Å². The molecule has 1 unspecified atom stereocenters. The van der Waals surface area contributed by atoms with E-state index in [1.807, 2.05) is 6.07 Å². The van der Waals surface area contributed by atoms with Crippen LogP contribution in [-0.4, -0.2) is 22.7 Å². The third kappa shape index (κ3) is 2.00. The van der Waals surface area contributed by atoms with E-state index < -0.39 is 6.10 Å². The van der Waals surface area contributed by atoms with Crippen LogP contribution in [0, 0.1) is 0 Å². The maximum Gasteiger partial charge on any atom is 0.224 e. The van der Waals surface area contributed by atoms with Gasteiger partial charge in [0.1, 0.15) is 6.10 Å². The SMILES string of the molecule is O=C1CCc2cc(C(O)CO)ccc2N1. The van der Waals surface area contributed by atoms with Crippen LogP contribution in [0.25, 0.3) is 0 Å². The number of hydrogen-bond donors (Lipinski definition) is 3. The molecule has 2 rings (SSSR count). The maximum atomic E-state index is 11.1. The molecule has 1 aromatic carbocycles. The van der Waals surface area contributed by atoms with Crippen LogP contribution in [0.2, 0.25) is 0 Å². The summed E-state index contributed by atoms with van der Waals surface area (Å²) in [4.78, 5) is 11.1. The van der Waals surface area contributed by atoms with Crippen molar-refractivity contribution in [1.29, 1.82) is 0 Å². The fourth-order valence-corrected chi connectivity index (χ4v) is 1.72. The highest BCUT2D eigenvalue weighted by molar-refractivity contribution is 5.93. The van der Waals surface area contributed by atoms with Crippen molar-refractivity contribution in [3.05, 3.63) is 29.3 Å². The highest BCUT2D eigenvalue weighted by Gasteiger charge is 2.16. The molecular formula is C11H13NO3. The van der Waals surface area contributed by atoms with Crippen molar-refractivity contribution in [2.24, 2.45) is 0 Å². The normalized spacial score (nSPS) is 16.8. The molecule has 0 radical (unpaired) electrons. The first kappa shape index (κ1) is 10.1. The predicted octanol–water partition coefficient (Wildman–Crippen LogP) is 0.597. The zero-order valence-corrected chi connectivity index (χ0v) is 8.23. The van der Waals surface area contributed by atoms with Crippen molar-refractivity contribution in [1.82, 2.24) is 0 Å². The second-order valence-corrected chi connectivity index (χ2v) is 3.66. The van der Waals surface area contributed by atoms with Crippen LogP contribution in [0.3, 0.4) is 0 Å². The van der Waals surface area contributed by atoms with Crippen LogP contribution in [-0.2, 0) is 11.2 Å². The summed E-state index contributed by atoms with van der Waals surface area (Å²) in [6.45, 7) is -0.287. The molecule has 80 valence electrons. The minimum absolute atomic E-state index is 0.0259. The van der Waals surface area contributed by atoms with Crippen molar-refractivity contribution >= 4 is 11.6 Å². The van der Waals surface area contributed by atoms with Gasteiger partial charge in [-0.3, -0.25) is 4.79 Å². The third-order valence-corrected chi connectivity index (χ3v) is 2.58. The van der Waals surface area contributed by atoms with Gasteiger partial charge in [-0.2, -0.15) is 0 Å². The van der Waals surface area contributed by atoms with Gasteiger partial charge in [0.25, 0.3) is 0 Å². The number of hydrogen-bond acceptors (Lipinski definition) is 3. The summed E-state index contributed by atoms with van der Waals surface area (Å²) in [6.07, 6.45) is 0.326. The Morgan fingerprint density at radius 1 is 1.40 bits per heavy atom. The molecule has 4 heteroatoms. The summed E-state index contributed by atoms with van der Waals surface area (Å²) in [5.74, 6) is 0.0259. The van der Waals surface area contributed by atoms with Gasteiger partial charge < -0.3 is 15.5 Å². The minimum Gasteiger partial charge on any atom is -0.393 e. The topological polar surface area (TPSA) is 69.6 Å². The second-order valence-electron chi connectivity index (χ2n) is 3.66. The van der Waals surface area contributed by atoms with E-state index in [0.717, 1.165) is 11.3 Å². The van der Waals surface area contributed by atoms with Gasteiger partial charge in [-0.25, -0.2) is 0 Å². The van der Waals surface area contributed by atoms with Crippen LogP contribution >= 0.6 is 0 Å². The largest absolute Gasteiger partial charge is 0.393 e. The molecule has 1 heterocycles. The summed E-state index contributed by atoms with van der Waals surface area (Å²) < 4.78 is 0. The molecule has 0 saturated carbocycles. The summed E-state index contributed by atoms with van der Waals surface area (Å²) in [5.41, 5.74) is 2.51. The zero-order valence-electron chi connectivity index (χ0n) is 8.23. The molecule has 1 amide bonds. The van der Waals surface area contributed by atoms with Crippen molar-refractivity contribution in [2.75, 3.05) is 11.9 Å². The van der Waals surface area contributed by atoms with E-state index in [-0.39, 0.29) is 12.5 Å². The van der Waals surface area contributed by atoms with Gasteiger partial charge >= 0.3 is 0 Å². The lowest BCUT2D eigenvalue weighted by atomic mass is 9.98. The Balaban J connectivity index is 2.30. The van der Waals surface area contributed by atoms with Crippen molar-refractivity contribution in [2.45, 2.75) is 18.9 Å². The van der Waals surface area contributed by atoms with E-state index >= 15 is 0 Å². The monoisotopic (exact) mass is 207 g/mol. The number of carbonyl (C=O) groups excluding carboxylic acids is 1. The van der Waals surface area contributed by atoms with Crippen LogP contribution < -0.4 is 5.32 Å². The van der Waals surface area contributed by atoms with E-state index in [1.54, 1.807) is 12.1 Å². The molecule has 0 aromatic heterocycles. The highest BCUT2D eigenvalue weighted by atomic mass is 16.3. The first-order chi connectivity index (χ1) is 7.20. The Labute approximate surface area is 87.6 Å². The van der Waals surface area contributed by atoms with Gasteiger partial charge in [0.15, 0.2) is 0 Å². The molecule has 1 aliphatic rings. The smallest absolute Gasteiger partial charge is 0.224 e. The number of anilines is 1. The fraction of sp³-hybridized carbons (Fsp3) is 0.364. The average molecular weight is 207 g/mol. The summed E-state index contributed by atoms with van der Waals surface area (Å²) >= 11 is 0. The van der Waals surface area contributed by atoms with E-state index in [4.69, 9.17) is 5.11 Å². The average Bonchev–Trinajstić information content (AvgIpc) is 2.27. The standard InChI is InChI=1S/C11H13NO3/c13-6-10(14)8-1-3-9-7(5-8)2-4-11(15)12-9/h1,3,5,10,13-14H,2,4,6H2,(H,12,15). The summed E-state index contributed by atoms with van der Waals surface area (Å²) in [7, 11) is 0. The van der Waals surface area contributed by atoms with E-state index in [9.17, 15) is 9.90 Å². The van der Waals surface area contributed by atoms with Crippen molar-refractivity contribution in [3.8, 4) is 0 Å². The maximum absolute atomic E-state index is 11.1. The number of fused-ring (bicyclic) bond motifs is 1. The Bertz CT molecular complexity index is 389. The first-order valence-electron chi connectivity index (χ1n) is 4.92. The first-order valence-corrected chi connectivity index (χ1v) is 4.92. The van der Waals surface area contributed by atoms with Gasteiger partial charge in [0.2, 0.25) is 5.91 Å². The predicted molar refractivity (Wildman–Crippen MR) is 55.4 cm³/mol. The molecule has 4 nitrogen and oxygen atoms in total. The van der Waals surface area contributed by atoms with Gasteiger partial charge in [-0.15, -0.1) is 0 Å². The van der Waals surface area contributed by atoms with Gasteiger partial charge in [-0.1, -0.05) is 12.1 Å². The molecule has 0 aliphatic carbocycles. The molecule has 0 fully saturated rings. The van der Waals surface area contributed by atoms with Gasteiger partial charge in [0, 0.05) is 12.1 Å². The number of nitrogens with one attached hydrogen (secondary N) is 1. The molecule has 0 saturated heterocycles. The molecule has 3 N–H and O–H groups in total. The van der Waals surface area contributed by atoms with Gasteiger partial charge in [0.05, 0.1) is 6.61 Å². The van der Waals surface area contributed by atoms with Crippen LogP contribution in [0.1, 0.15) is 23.7 Å². The number of benzene rings is 1. The second kappa shape index (κ2) is 4.00. The number of amides is 1. The lowest BCUT2D eigenvalue weighted by Gasteiger charge is -2.18. The van der Waals surface area contributed by atoms with Crippen LogP contribution in [0.5, 0.6) is 0 Å². The molecular weight excluding hydrogens is 194 g/mol. The van der Waals surface area contributed by atoms with E-state index in [1.165, 1.54) is 0 Å². The molecule has 1 aliphatic heterocycles. The third-order valence-electron chi connectivity index (χ3n) is 2.58. The number of aryl methyl sites for hydroxylation is 1. The molecule has 1 atom stereocenters.